The molecule has 2 heteroatoms. The molecule has 0 radical (unpaired) electrons. The van der Waals surface area contributed by atoms with E-state index in [1.807, 2.05) is 6.08 Å². The van der Waals surface area contributed by atoms with Gasteiger partial charge in [-0.2, -0.15) is 0 Å². The zero-order valence-electron chi connectivity index (χ0n) is 4.90. The molecule has 0 spiro atoms. The van der Waals surface area contributed by atoms with E-state index in [0.717, 1.165) is 11.4 Å². The Morgan fingerprint density at radius 3 is 2.62 bits per heavy atom. The summed E-state index contributed by atoms with van der Waals surface area (Å²) in [6.45, 7) is 5.75. The van der Waals surface area contributed by atoms with Crippen molar-refractivity contribution in [1.29, 1.82) is 0 Å². The van der Waals surface area contributed by atoms with E-state index in [2.05, 4.69) is 18.8 Å². The van der Waals surface area contributed by atoms with Crippen LogP contribution >= 0.6 is 12.2 Å². The van der Waals surface area contributed by atoms with Gasteiger partial charge in [0.2, 0.25) is 0 Å². The Hall–Kier alpha value is -0.370. The van der Waals surface area contributed by atoms with Crippen LogP contribution in [0.5, 0.6) is 0 Å². The molecule has 0 amide bonds. The fraction of sp³-hybridized carbons (Fsp3) is 0.500. The molecule has 1 unspecified atom stereocenters. The minimum Gasteiger partial charge on any atom is -0.371 e. The van der Waals surface area contributed by atoms with Crippen LogP contribution in [0.15, 0.2) is 12.7 Å². The molecule has 1 rings (SSSR count). The summed E-state index contributed by atoms with van der Waals surface area (Å²) in [5.74, 6) is 0. The fourth-order valence-corrected chi connectivity index (χ4v) is 1.29. The number of hydrogen-bond acceptors (Lipinski definition) is 1. The molecule has 0 aromatic rings. The first-order chi connectivity index (χ1) is 3.66. The lowest BCUT2D eigenvalue weighted by molar-refractivity contribution is 0.471. The maximum atomic E-state index is 4.84. The van der Waals surface area contributed by atoms with Crippen LogP contribution in [0.25, 0.3) is 0 Å². The molecule has 1 atom stereocenters. The van der Waals surface area contributed by atoms with Crippen LogP contribution in [0.4, 0.5) is 0 Å². The van der Waals surface area contributed by atoms with Crippen LogP contribution in [-0.4, -0.2) is 10.5 Å². The second kappa shape index (κ2) is 1.55. The summed E-state index contributed by atoms with van der Waals surface area (Å²) in [6.07, 6.45) is 2.86. The highest BCUT2D eigenvalue weighted by Gasteiger charge is 2.31. The quantitative estimate of drug-likeness (QED) is 0.420. The van der Waals surface area contributed by atoms with Crippen molar-refractivity contribution in [2.24, 2.45) is 0 Å². The van der Waals surface area contributed by atoms with Gasteiger partial charge in [0, 0.05) is 6.42 Å². The van der Waals surface area contributed by atoms with E-state index in [1.165, 1.54) is 0 Å². The largest absolute Gasteiger partial charge is 0.371 e. The molecule has 0 saturated carbocycles. The molecule has 44 valence electrons. The maximum Gasteiger partial charge on any atom is 0.0786 e. The predicted octanol–water partition coefficient (Wildman–Crippen LogP) is 1.25. The summed E-state index contributed by atoms with van der Waals surface area (Å²) >= 11 is 4.84. The molecule has 0 aromatic heterocycles. The van der Waals surface area contributed by atoms with Gasteiger partial charge < -0.3 is 5.32 Å². The molecule has 1 saturated heterocycles. The first kappa shape index (κ1) is 5.76. The minimum atomic E-state index is 0.108. The van der Waals surface area contributed by atoms with Crippen molar-refractivity contribution in [3.05, 3.63) is 12.7 Å². The van der Waals surface area contributed by atoms with E-state index >= 15 is 0 Å². The molecule has 1 aliphatic heterocycles. The molecular formula is C6H9NS. The van der Waals surface area contributed by atoms with Gasteiger partial charge in [0.05, 0.1) is 10.5 Å². The van der Waals surface area contributed by atoms with Crippen LogP contribution < -0.4 is 5.32 Å². The van der Waals surface area contributed by atoms with E-state index in [4.69, 9.17) is 12.2 Å². The topological polar surface area (TPSA) is 12.0 Å². The molecule has 1 N–H and O–H groups in total. The normalized spacial score (nSPS) is 35.4. The molecule has 0 aliphatic carbocycles. The first-order valence-corrected chi connectivity index (χ1v) is 3.02. The first-order valence-electron chi connectivity index (χ1n) is 2.61. The van der Waals surface area contributed by atoms with Gasteiger partial charge in [-0.05, 0) is 6.92 Å². The van der Waals surface area contributed by atoms with Gasteiger partial charge in [0.15, 0.2) is 0 Å². The monoisotopic (exact) mass is 127 g/mol. The summed E-state index contributed by atoms with van der Waals surface area (Å²) in [5.41, 5.74) is 0.108. The molecule has 1 aliphatic rings. The molecular weight excluding hydrogens is 118 g/mol. The van der Waals surface area contributed by atoms with Crippen molar-refractivity contribution in [1.82, 2.24) is 5.32 Å². The molecule has 1 heterocycles. The highest BCUT2D eigenvalue weighted by molar-refractivity contribution is 7.80. The Morgan fingerprint density at radius 2 is 2.50 bits per heavy atom. The fourth-order valence-electron chi connectivity index (χ4n) is 0.757. The SMILES string of the molecule is C=CC1(C)CC(=S)N1. The number of thiocarbonyl (C=S) groups is 1. The molecule has 1 fully saturated rings. The zero-order valence-corrected chi connectivity index (χ0v) is 5.72. The van der Waals surface area contributed by atoms with Crippen LogP contribution in [0.2, 0.25) is 0 Å². The second-order valence-electron chi connectivity index (χ2n) is 2.35. The zero-order chi connectivity index (χ0) is 6.20. The van der Waals surface area contributed by atoms with Gasteiger partial charge in [-0.1, -0.05) is 18.3 Å². The van der Waals surface area contributed by atoms with Gasteiger partial charge >= 0.3 is 0 Å². The Kier molecular flexibility index (Phi) is 1.12. The average Bonchev–Trinajstić information content (AvgIpc) is 1.63. The van der Waals surface area contributed by atoms with E-state index < -0.39 is 0 Å². The maximum absolute atomic E-state index is 4.84. The molecule has 0 bridgehead atoms. The average molecular weight is 127 g/mol. The van der Waals surface area contributed by atoms with Crippen LogP contribution in [0.3, 0.4) is 0 Å². The van der Waals surface area contributed by atoms with Crippen molar-refractivity contribution in [3.63, 3.8) is 0 Å². The standard InChI is InChI=1S/C6H9NS/c1-3-6(2)4-5(8)7-6/h3H,1,4H2,2H3,(H,7,8). The third-order valence-electron chi connectivity index (χ3n) is 1.40. The van der Waals surface area contributed by atoms with Crippen molar-refractivity contribution in [3.8, 4) is 0 Å². The summed E-state index contributed by atoms with van der Waals surface area (Å²) in [4.78, 5) is 0.951. The predicted molar refractivity (Wildman–Crippen MR) is 39.0 cm³/mol. The van der Waals surface area contributed by atoms with Gasteiger partial charge in [-0.3, -0.25) is 0 Å². The smallest absolute Gasteiger partial charge is 0.0786 e. The van der Waals surface area contributed by atoms with Gasteiger partial charge in [0.1, 0.15) is 0 Å². The van der Waals surface area contributed by atoms with Crippen LogP contribution in [0.1, 0.15) is 13.3 Å². The molecule has 1 nitrogen and oxygen atoms in total. The van der Waals surface area contributed by atoms with Crippen molar-refractivity contribution >= 4 is 17.2 Å². The van der Waals surface area contributed by atoms with Crippen molar-refractivity contribution in [2.75, 3.05) is 0 Å². The van der Waals surface area contributed by atoms with Crippen molar-refractivity contribution in [2.45, 2.75) is 18.9 Å². The Bertz CT molecular complexity index is 131. The number of nitrogens with one attached hydrogen (secondary N) is 1. The lowest BCUT2D eigenvalue weighted by Crippen LogP contribution is -2.56. The van der Waals surface area contributed by atoms with Crippen molar-refractivity contribution < 1.29 is 0 Å². The van der Waals surface area contributed by atoms with Crippen LogP contribution in [-0.2, 0) is 0 Å². The lowest BCUT2D eigenvalue weighted by Gasteiger charge is -2.38. The van der Waals surface area contributed by atoms with Gasteiger partial charge in [-0.15, -0.1) is 6.58 Å². The Morgan fingerprint density at radius 1 is 2.00 bits per heavy atom. The second-order valence-corrected chi connectivity index (χ2v) is 2.84. The summed E-state index contributed by atoms with van der Waals surface area (Å²) in [6, 6.07) is 0. The van der Waals surface area contributed by atoms with E-state index in [9.17, 15) is 0 Å². The number of rotatable bonds is 1. The highest BCUT2D eigenvalue weighted by atomic mass is 32.1. The van der Waals surface area contributed by atoms with E-state index in [0.29, 0.717) is 0 Å². The molecule has 8 heavy (non-hydrogen) atoms. The minimum absolute atomic E-state index is 0.108. The van der Waals surface area contributed by atoms with E-state index in [1.54, 1.807) is 0 Å². The summed E-state index contributed by atoms with van der Waals surface area (Å²) in [7, 11) is 0. The highest BCUT2D eigenvalue weighted by Crippen LogP contribution is 2.20. The summed E-state index contributed by atoms with van der Waals surface area (Å²) in [5, 5.41) is 3.08. The van der Waals surface area contributed by atoms with Crippen LogP contribution in [0, 0.1) is 0 Å². The van der Waals surface area contributed by atoms with Gasteiger partial charge in [-0.25, -0.2) is 0 Å². The molecule has 0 aromatic carbocycles. The third-order valence-corrected chi connectivity index (χ3v) is 1.65. The van der Waals surface area contributed by atoms with E-state index in [-0.39, 0.29) is 5.54 Å². The Labute approximate surface area is 54.8 Å². The van der Waals surface area contributed by atoms with Gasteiger partial charge in [0.25, 0.3) is 0 Å². The summed E-state index contributed by atoms with van der Waals surface area (Å²) < 4.78 is 0. The third kappa shape index (κ3) is 0.757. The lowest BCUT2D eigenvalue weighted by atomic mass is 9.91. The Balaban J connectivity index is 2.52. The number of hydrogen-bond donors (Lipinski definition) is 1.